The maximum absolute atomic E-state index is 11.4. The summed E-state index contributed by atoms with van der Waals surface area (Å²) in [6.45, 7) is 6.08. The van der Waals surface area contributed by atoms with Crippen molar-refractivity contribution in [1.29, 1.82) is 0 Å². The smallest absolute Gasteiger partial charge is 0.407 e. The summed E-state index contributed by atoms with van der Waals surface area (Å²) in [5.41, 5.74) is 0.490. The van der Waals surface area contributed by atoms with Crippen LogP contribution < -0.4 is 10.1 Å². The van der Waals surface area contributed by atoms with Crippen LogP contribution in [0.2, 0.25) is 0 Å². The minimum atomic E-state index is -0.460. The molecule has 1 amide bonds. The van der Waals surface area contributed by atoms with Crippen molar-refractivity contribution in [2.75, 3.05) is 13.7 Å². The van der Waals surface area contributed by atoms with Gasteiger partial charge in [0.1, 0.15) is 5.60 Å². The molecule has 0 atom stereocenters. The van der Waals surface area contributed by atoms with Crippen LogP contribution in [0.3, 0.4) is 0 Å². The second-order valence-electron chi connectivity index (χ2n) is 5.33. The molecule has 1 rings (SSSR count). The summed E-state index contributed by atoms with van der Waals surface area (Å²) in [5, 5.41) is 7.02. The Labute approximate surface area is 114 Å². The lowest BCUT2D eigenvalue weighted by Gasteiger charge is -2.19. The van der Waals surface area contributed by atoms with Crippen molar-refractivity contribution in [2.45, 2.75) is 39.2 Å². The number of hydrogen-bond donors (Lipinski definition) is 1. The predicted octanol–water partition coefficient (Wildman–Crippen LogP) is 1.89. The van der Waals surface area contributed by atoms with Gasteiger partial charge in [-0.3, -0.25) is 0 Å². The van der Waals surface area contributed by atoms with Gasteiger partial charge in [-0.15, -0.1) is 0 Å². The fourth-order valence-corrected chi connectivity index (χ4v) is 1.59. The number of rotatable bonds is 5. The first-order chi connectivity index (χ1) is 8.81. The van der Waals surface area contributed by atoms with E-state index in [1.165, 1.54) is 0 Å². The van der Waals surface area contributed by atoms with E-state index in [1.54, 1.807) is 11.8 Å². The van der Waals surface area contributed by atoms with Crippen LogP contribution in [0.5, 0.6) is 5.88 Å². The molecule has 1 heterocycles. The Morgan fingerprint density at radius 2 is 2.16 bits per heavy atom. The van der Waals surface area contributed by atoms with E-state index in [1.807, 2.05) is 33.9 Å². The normalized spacial score (nSPS) is 11.2. The number of nitrogens with one attached hydrogen (secondary N) is 1. The number of alkyl carbamates (subject to hydrolysis) is 1. The lowest BCUT2D eigenvalue weighted by atomic mass is 10.2. The van der Waals surface area contributed by atoms with E-state index < -0.39 is 5.60 Å². The van der Waals surface area contributed by atoms with Gasteiger partial charge in [0.05, 0.1) is 12.8 Å². The zero-order valence-corrected chi connectivity index (χ0v) is 12.3. The van der Waals surface area contributed by atoms with Crippen LogP contribution in [0.15, 0.2) is 6.07 Å². The molecular formula is C13H23N3O3. The van der Waals surface area contributed by atoms with Gasteiger partial charge >= 0.3 is 6.09 Å². The van der Waals surface area contributed by atoms with Crippen molar-refractivity contribution in [1.82, 2.24) is 15.1 Å². The molecular weight excluding hydrogens is 246 g/mol. The van der Waals surface area contributed by atoms with Crippen LogP contribution in [0.4, 0.5) is 4.79 Å². The molecule has 0 aromatic carbocycles. The first kappa shape index (κ1) is 15.3. The first-order valence-electron chi connectivity index (χ1n) is 6.35. The summed E-state index contributed by atoms with van der Waals surface area (Å²) in [7, 11) is 3.45. The second kappa shape index (κ2) is 6.45. The molecule has 0 aliphatic heterocycles. The fraction of sp³-hybridized carbons (Fsp3) is 0.692. The molecule has 1 N–H and O–H groups in total. The van der Waals surface area contributed by atoms with Crippen LogP contribution >= 0.6 is 0 Å². The van der Waals surface area contributed by atoms with Crippen molar-refractivity contribution < 1.29 is 14.3 Å². The number of aromatic nitrogens is 2. The molecule has 0 fully saturated rings. The van der Waals surface area contributed by atoms with Crippen LogP contribution in [-0.4, -0.2) is 35.1 Å². The van der Waals surface area contributed by atoms with E-state index >= 15 is 0 Å². The van der Waals surface area contributed by atoms with E-state index in [0.29, 0.717) is 6.54 Å². The Balaban J connectivity index is 2.25. The average molecular weight is 269 g/mol. The van der Waals surface area contributed by atoms with E-state index in [-0.39, 0.29) is 6.09 Å². The molecule has 6 heteroatoms. The molecule has 0 saturated heterocycles. The number of methoxy groups -OCH3 is 1. The lowest BCUT2D eigenvalue weighted by molar-refractivity contribution is 0.0527. The summed E-state index contributed by atoms with van der Waals surface area (Å²) in [6, 6.07) is 1.90. The predicted molar refractivity (Wildman–Crippen MR) is 72.3 cm³/mol. The molecule has 0 radical (unpaired) electrons. The molecule has 6 nitrogen and oxygen atoms in total. The van der Waals surface area contributed by atoms with E-state index in [0.717, 1.165) is 24.4 Å². The number of aryl methyl sites for hydroxylation is 2. The van der Waals surface area contributed by atoms with Gasteiger partial charge in [-0.05, 0) is 33.6 Å². The third-order valence-corrected chi connectivity index (χ3v) is 2.37. The van der Waals surface area contributed by atoms with E-state index in [2.05, 4.69) is 10.4 Å². The summed E-state index contributed by atoms with van der Waals surface area (Å²) < 4.78 is 12.0. The quantitative estimate of drug-likeness (QED) is 0.829. The second-order valence-corrected chi connectivity index (χ2v) is 5.33. The number of ether oxygens (including phenoxy) is 2. The van der Waals surface area contributed by atoms with E-state index in [9.17, 15) is 4.79 Å². The summed E-state index contributed by atoms with van der Waals surface area (Å²) in [6.07, 6.45) is 1.21. The Morgan fingerprint density at radius 3 is 2.68 bits per heavy atom. The molecule has 0 aliphatic rings. The maximum Gasteiger partial charge on any atom is 0.407 e. The van der Waals surface area contributed by atoms with Gasteiger partial charge in [-0.25, -0.2) is 9.48 Å². The minimum Gasteiger partial charge on any atom is -0.481 e. The van der Waals surface area contributed by atoms with Gasteiger partial charge in [0.25, 0.3) is 0 Å². The summed E-state index contributed by atoms with van der Waals surface area (Å²) in [4.78, 5) is 11.4. The van der Waals surface area contributed by atoms with Gasteiger partial charge in [-0.1, -0.05) is 0 Å². The Kier molecular flexibility index (Phi) is 5.20. The SMILES string of the molecule is COc1cc(CCCNC(=O)OC(C)(C)C)nn1C. The Bertz CT molecular complexity index is 421. The van der Waals surface area contributed by atoms with Crippen molar-refractivity contribution in [3.63, 3.8) is 0 Å². The Morgan fingerprint density at radius 1 is 1.47 bits per heavy atom. The topological polar surface area (TPSA) is 65.4 Å². The number of carbonyl (C=O) groups is 1. The van der Waals surface area contributed by atoms with Gasteiger partial charge < -0.3 is 14.8 Å². The molecule has 1 aromatic heterocycles. The highest BCUT2D eigenvalue weighted by atomic mass is 16.6. The van der Waals surface area contributed by atoms with Crippen LogP contribution in [-0.2, 0) is 18.2 Å². The zero-order valence-electron chi connectivity index (χ0n) is 12.3. The maximum atomic E-state index is 11.4. The van der Waals surface area contributed by atoms with Crippen molar-refractivity contribution >= 4 is 6.09 Å². The highest BCUT2D eigenvalue weighted by Crippen LogP contribution is 2.12. The van der Waals surface area contributed by atoms with Gasteiger partial charge in [0.2, 0.25) is 5.88 Å². The zero-order chi connectivity index (χ0) is 14.5. The highest BCUT2D eigenvalue weighted by molar-refractivity contribution is 5.67. The highest BCUT2D eigenvalue weighted by Gasteiger charge is 2.15. The van der Waals surface area contributed by atoms with Gasteiger partial charge in [-0.2, -0.15) is 5.10 Å². The van der Waals surface area contributed by atoms with E-state index in [4.69, 9.17) is 9.47 Å². The molecule has 0 saturated carbocycles. The molecule has 0 bridgehead atoms. The number of amides is 1. The molecule has 108 valence electrons. The van der Waals surface area contributed by atoms with Crippen molar-refractivity contribution in [2.24, 2.45) is 7.05 Å². The van der Waals surface area contributed by atoms with Crippen molar-refractivity contribution in [3.05, 3.63) is 11.8 Å². The largest absolute Gasteiger partial charge is 0.481 e. The number of carbonyl (C=O) groups excluding carboxylic acids is 1. The molecule has 0 unspecified atom stereocenters. The number of nitrogens with zero attached hydrogens (tertiary/aromatic N) is 2. The fourth-order valence-electron chi connectivity index (χ4n) is 1.59. The van der Waals surface area contributed by atoms with Crippen LogP contribution in [0.1, 0.15) is 32.9 Å². The molecule has 0 spiro atoms. The van der Waals surface area contributed by atoms with Crippen molar-refractivity contribution in [3.8, 4) is 5.88 Å². The summed E-state index contributed by atoms with van der Waals surface area (Å²) in [5.74, 6) is 0.732. The third-order valence-electron chi connectivity index (χ3n) is 2.37. The Hall–Kier alpha value is -1.72. The third kappa shape index (κ3) is 5.63. The van der Waals surface area contributed by atoms with Gasteiger partial charge in [0.15, 0.2) is 0 Å². The summed E-state index contributed by atoms with van der Waals surface area (Å²) >= 11 is 0. The lowest BCUT2D eigenvalue weighted by Crippen LogP contribution is -2.33. The first-order valence-corrected chi connectivity index (χ1v) is 6.35. The molecule has 0 aliphatic carbocycles. The van der Waals surface area contributed by atoms with Crippen LogP contribution in [0, 0.1) is 0 Å². The molecule has 1 aromatic rings. The van der Waals surface area contributed by atoms with Crippen LogP contribution in [0.25, 0.3) is 0 Å². The standard InChI is InChI=1S/C13H23N3O3/c1-13(2,3)19-12(17)14-8-6-7-10-9-11(18-5)16(4)15-10/h9H,6-8H2,1-5H3,(H,14,17). The molecule has 19 heavy (non-hydrogen) atoms. The number of hydrogen-bond acceptors (Lipinski definition) is 4. The average Bonchev–Trinajstić information content (AvgIpc) is 2.63. The monoisotopic (exact) mass is 269 g/mol. The van der Waals surface area contributed by atoms with Gasteiger partial charge in [0, 0.05) is 19.7 Å². The minimum absolute atomic E-state index is 0.383.